The Labute approximate surface area is 74.9 Å². The highest BCUT2D eigenvalue weighted by atomic mass is 19.1. The molecule has 1 aliphatic heterocycles. The van der Waals surface area contributed by atoms with Crippen LogP contribution in [0.5, 0.6) is 0 Å². The third-order valence-corrected chi connectivity index (χ3v) is 2.53. The van der Waals surface area contributed by atoms with Gasteiger partial charge in [0, 0.05) is 13.1 Å². The standard InChI is InChI=1S/C10H20FN/c1-9(2)4-6-12-7-5-10(3,11)8-12/h9H,4-8H2,1-3H3. The van der Waals surface area contributed by atoms with Gasteiger partial charge in [0.1, 0.15) is 5.67 Å². The number of hydrogen-bond acceptors (Lipinski definition) is 1. The Morgan fingerprint density at radius 3 is 2.58 bits per heavy atom. The molecule has 0 amide bonds. The Hall–Kier alpha value is -0.110. The highest BCUT2D eigenvalue weighted by molar-refractivity contribution is 4.86. The summed E-state index contributed by atoms with van der Waals surface area (Å²) in [5.74, 6) is 0.733. The number of rotatable bonds is 3. The van der Waals surface area contributed by atoms with Crippen molar-refractivity contribution in [3.8, 4) is 0 Å². The summed E-state index contributed by atoms with van der Waals surface area (Å²) in [5.41, 5.74) is -0.920. The summed E-state index contributed by atoms with van der Waals surface area (Å²) in [6.45, 7) is 8.79. The molecule has 1 heterocycles. The summed E-state index contributed by atoms with van der Waals surface area (Å²) in [6.07, 6.45) is 1.90. The predicted octanol–water partition coefficient (Wildman–Crippen LogP) is 2.47. The zero-order chi connectivity index (χ0) is 9.19. The summed E-state index contributed by atoms with van der Waals surface area (Å²) in [4.78, 5) is 2.24. The van der Waals surface area contributed by atoms with Crippen LogP contribution in [-0.2, 0) is 0 Å². The summed E-state index contributed by atoms with van der Waals surface area (Å²) in [5, 5.41) is 0. The second kappa shape index (κ2) is 3.73. The van der Waals surface area contributed by atoms with Crippen LogP contribution < -0.4 is 0 Å². The topological polar surface area (TPSA) is 3.24 Å². The SMILES string of the molecule is CC(C)CCN1CCC(C)(F)C1. The predicted molar refractivity (Wildman–Crippen MR) is 50.0 cm³/mol. The third kappa shape index (κ3) is 3.10. The van der Waals surface area contributed by atoms with Gasteiger partial charge in [-0.05, 0) is 32.2 Å². The maximum atomic E-state index is 13.3. The smallest absolute Gasteiger partial charge is 0.122 e. The molecule has 0 aliphatic carbocycles. The molecule has 1 saturated heterocycles. The van der Waals surface area contributed by atoms with Gasteiger partial charge in [0.15, 0.2) is 0 Å². The lowest BCUT2D eigenvalue weighted by Gasteiger charge is -2.17. The van der Waals surface area contributed by atoms with Crippen LogP contribution in [-0.4, -0.2) is 30.2 Å². The van der Waals surface area contributed by atoms with E-state index in [2.05, 4.69) is 18.7 Å². The van der Waals surface area contributed by atoms with Crippen LogP contribution in [0, 0.1) is 5.92 Å². The molecule has 0 aromatic heterocycles. The van der Waals surface area contributed by atoms with E-state index < -0.39 is 5.67 Å². The van der Waals surface area contributed by atoms with Crippen molar-refractivity contribution >= 4 is 0 Å². The Morgan fingerprint density at radius 2 is 2.17 bits per heavy atom. The molecular formula is C10H20FN. The highest BCUT2D eigenvalue weighted by Crippen LogP contribution is 2.24. The van der Waals surface area contributed by atoms with E-state index >= 15 is 0 Å². The van der Waals surface area contributed by atoms with Gasteiger partial charge in [-0.25, -0.2) is 4.39 Å². The maximum absolute atomic E-state index is 13.3. The van der Waals surface area contributed by atoms with Gasteiger partial charge in [0.2, 0.25) is 0 Å². The molecule has 0 radical (unpaired) electrons. The molecule has 12 heavy (non-hydrogen) atoms. The summed E-state index contributed by atoms with van der Waals surface area (Å²) >= 11 is 0. The number of alkyl halides is 1. The number of halogens is 1. The molecule has 1 nitrogen and oxygen atoms in total. The van der Waals surface area contributed by atoms with Crippen molar-refractivity contribution in [3.63, 3.8) is 0 Å². The zero-order valence-corrected chi connectivity index (χ0v) is 8.44. The average Bonchev–Trinajstić information content (AvgIpc) is 2.26. The lowest BCUT2D eigenvalue weighted by Crippen LogP contribution is -2.27. The Kier molecular flexibility index (Phi) is 3.10. The summed E-state index contributed by atoms with van der Waals surface area (Å²) < 4.78 is 13.3. The molecule has 0 saturated carbocycles. The second-order valence-corrected chi connectivity index (χ2v) is 4.62. The molecule has 0 bridgehead atoms. The fraction of sp³-hybridized carbons (Fsp3) is 1.00. The molecule has 1 fully saturated rings. The Balaban J connectivity index is 2.20. The van der Waals surface area contributed by atoms with E-state index in [-0.39, 0.29) is 0 Å². The number of nitrogens with zero attached hydrogens (tertiary/aromatic N) is 1. The molecule has 1 atom stereocenters. The fourth-order valence-electron chi connectivity index (χ4n) is 1.65. The van der Waals surface area contributed by atoms with E-state index in [0.29, 0.717) is 13.0 Å². The van der Waals surface area contributed by atoms with Gasteiger partial charge in [-0.15, -0.1) is 0 Å². The maximum Gasteiger partial charge on any atom is 0.122 e. The van der Waals surface area contributed by atoms with Crippen molar-refractivity contribution in [2.45, 2.75) is 39.3 Å². The van der Waals surface area contributed by atoms with Gasteiger partial charge < -0.3 is 4.90 Å². The zero-order valence-electron chi connectivity index (χ0n) is 8.44. The van der Waals surface area contributed by atoms with Gasteiger partial charge in [0.05, 0.1) is 0 Å². The average molecular weight is 173 g/mol. The lowest BCUT2D eigenvalue weighted by molar-refractivity contribution is 0.186. The van der Waals surface area contributed by atoms with E-state index in [0.717, 1.165) is 19.0 Å². The van der Waals surface area contributed by atoms with Gasteiger partial charge in [-0.3, -0.25) is 0 Å². The Bertz CT molecular complexity index is 143. The summed E-state index contributed by atoms with van der Waals surface area (Å²) in [6, 6.07) is 0. The van der Waals surface area contributed by atoms with Crippen molar-refractivity contribution in [3.05, 3.63) is 0 Å². The normalized spacial score (nSPS) is 31.8. The largest absolute Gasteiger partial charge is 0.300 e. The molecule has 0 aromatic carbocycles. The molecule has 0 aromatic rings. The van der Waals surface area contributed by atoms with Crippen LogP contribution in [0.25, 0.3) is 0 Å². The molecule has 1 aliphatic rings. The Morgan fingerprint density at radius 1 is 1.50 bits per heavy atom. The molecular weight excluding hydrogens is 153 g/mol. The van der Waals surface area contributed by atoms with E-state index in [1.165, 1.54) is 6.42 Å². The van der Waals surface area contributed by atoms with Crippen LogP contribution in [0.15, 0.2) is 0 Å². The van der Waals surface area contributed by atoms with Crippen LogP contribution >= 0.6 is 0 Å². The third-order valence-electron chi connectivity index (χ3n) is 2.53. The van der Waals surface area contributed by atoms with Crippen LogP contribution in [0.4, 0.5) is 4.39 Å². The van der Waals surface area contributed by atoms with Crippen molar-refractivity contribution in [2.24, 2.45) is 5.92 Å². The van der Waals surface area contributed by atoms with Gasteiger partial charge in [-0.1, -0.05) is 13.8 Å². The van der Waals surface area contributed by atoms with Gasteiger partial charge in [0.25, 0.3) is 0 Å². The van der Waals surface area contributed by atoms with Crippen LogP contribution in [0.1, 0.15) is 33.6 Å². The first-order valence-corrected chi connectivity index (χ1v) is 4.91. The first-order valence-electron chi connectivity index (χ1n) is 4.91. The van der Waals surface area contributed by atoms with E-state index in [1.807, 2.05) is 0 Å². The van der Waals surface area contributed by atoms with E-state index in [4.69, 9.17) is 0 Å². The highest BCUT2D eigenvalue weighted by Gasteiger charge is 2.32. The fourth-order valence-corrected chi connectivity index (χ4v) is 1.65. The summed E-state index contributed by atoms with van der Waals surface area (Å²) in [7, 11) is 0. The van der Waals surface area contributed by atoms with E-state index in [1.54, 1.807) is 6.92 Å². The minimum Gasteiger partial charge on any atom is -0.300 e. The van der Waals surface area contributed by atoms with Crippen molar-refractivity contribution < 1.29 is 4.39 Å². The first-order chi connectivity index (χ1) is 5.49. The van der Waals surface area contributed by atoms with Crippen molar-refractivity contribution in [2.75, 3.05) is 19.6 Å². The van der Waals surface area contributed by atoms with Crippen LogP contribution in [0.3, 0.4) is 0 Å². The van der Waals surface area contributed by atoms with Crippen molar-refractivity contribution in [1.82, 2.24) is 4.90 Å². The minimum absolute atomic E-state index is 0.639. The van der Waals surface area contributed by atoms with E-state index in [9.17, 15) is 4.39 Å². The molecule has 72 valence electrons. The molecule has 2 heteroatoms. The molecule has 0 N–H and O–H groups in total. The second-order valence-electron chi connectivity index (χ2n) is 4.62. The van der Waals surface area contributed by atoms with Gasteiger partial charge >= 0.3 is 0 Å². The first kappa shape index (κ1) is 9.97. The van der Waals surface area contributed by atoms with Crippen molar-refractivity contribution in [1.29, 1.82) is 0 Å². The number of hydrogen-bond donors (Lipinski definition) is 0. The van der Waals surface area contributed by atoms with Crippen LogP contribution in [0.2, 0.25) is 0 Å². The lowest BCUT2D eigenvalue weighted by atomic mass is 10.1. The monoisotopic (exact) mass is 173 g/mol. The van der Waals surface area contributed by atoms with Gasteiger partial charge in [-0.2, -0.15) is 0 Å². The molecule has 0 spiro atoms. The minimum atomic E-state index is -0.920. The quantitative estimate of drug-likeness (QED) is 0.633. The molecule has 1 rings (SSSR count). The number of likely N-dealkylation sites (tertiary alicyclic amines) is 1. The molecule has 1 unspecified atom stereocenters.